The zero-order valence-electron chi connectivity index (χ0n) is 11.6. The van der Waals surface area contributed by atoms with Crippen molar-refractivity contribution >= 4 is 5.91 Å². The van der Waals surface area contributed by atoms with E-state index >= 15 is 0 Å². The molecular formula is C16H21FN2O. The number of hydrogen-bond donors (Lipinski definition) is 2. The molecule has 0 bridgehead atoms. The van der Waals surface area contributed by atoms with Crippen molar-refractivity contribution in [2.75, 3.05) is 6.54 Å². The maximum absolute atomic E-state index is 13.3. The van der Waals surface area contributed by atoms with Crippen LogP contribution in [0, 0.1) is 11.7 Å². The Labute approximate surface area is 118 Å². The zero-order valence-corrected chi connectivity index (χ0v) is 11.6. The number of carbonyl (C=O) groups is 1. The van der Waals surface area contributed by atoms with Gasteiger partial charge in [0.25, 0.3) is 0 Å². The minimum absolute atomic E-state index is 0.0432. The summed E-state index contributed by atoms with van der Waals surface area (Å²) in [5.41, 5.74) is 6.80. The second-order valence-corrected chi connectivity index (χ2v) is 6.28. The van der Waals surface area contributed by atoms with E-state index in [4.69, 9.17) is 5.73 Å². The number of benzene rings is 1. The molecule has 3 N–H and O–H groups in total. The largest absolute Gasteiger partial charge is 0.355 e. The molecule has 2 saturated carbocycles. The van der Waals surface area contributed by atoms with Crippen molar-refractivity contribution in [3.63, 3.8) is 0 Å². The van der Waals surface area contributed by atoms with Crippen LogP contribution in [0.4, 0.5) is 4.39 Å². The molecule has 108 valence electrons. The lowest BCUT2D eigenvalue weighted by atomic mass is 9.95. The standard InChI is InChI=1S/C16H21FN2O/c17-13-3-1-2-12(9-13)16(6-7-16)10-19-15(20)11-4-5-14(18)8-11/h1-3,9,11,14H,4-8,10,18H2,(H,19,20). The Morgan fingerprint density at radius 3 is 2.80 bits per heavy atom. The summed E-state index contributed by atoms with van der Waals surface area (Å²) in [5.74, 6) is -0.0317. The van der Waals surface area contributed by atoms with Gasteiger partial charge in [-0.2, -0.15) is 0 Å². The Bertz CT molecular complexity index is 513. The van der Waals surface area contributed by atoms with Crippen molar-refractivity contribution in [3.8, 4) is 0 Å². The molecule has 0 heterocycles. The van der Waals surface area contributed by atoms with Gasteiger partial charge in [0.2, 0.25) is 5.91 Å². The topological polar surface area (TPSA) is 55.1 Å². The van der Waals surface area contributed by atoms with Gasteiger partial charge in [0, 0.05) is 23.9 Å². The van der Waals surface area contributed by atoms with Crippen molar-refractivity contribution in [3.05, 3.63) is 35.6 Å². The Hall–Kier alpha value is -1.42. The zero-order chi connectivity index (χ0) is 14.2. The second-order valence-electron chi connectivity index (χ2n) is 6.28. The van der Waals surface area contributed by atoms with Crippen LogP contribution in [0.5, 0.6) is 0 Å². The van der Waals surface area contributed by atoms with E-state index in [2.05, 4.69) is 5.32 Å². The fourth-order valence-corrected chi connectivity index (χ4v) is 3.19. The van der Waals surface area contributed by atoms with Crippen molar-refractivity contribution in [1.29, 1.82) is 0 Å². The first-order valence-electron chi connectivity index (χ1n) is 7.38. The van der Waals surface area contributed by atoms with Gasteiger partial charge < -0.3 is 11.1 Å². The molecule has 0 spiro atoms. The number of amides is 1. The van der Waals surface area contributed by atoms with Crippen LogP contribution < -0.4 is 11.1 Å². The number of hydrogen-bond acceptors (Lipinski definition) is 2. The molecule has 2 aliphatic rings. The number of rotatable bonds is 4. The predicted octanol–water partition coefficient (Wildman–Crippen LogP) is 2.10. The number of nitrogens with one attached hydrogen (secondary N) is 1. The van der Waals surface area contributed by atoms with E-state index in [0.29, 0.717) is 6.54 Å². The van der Waals surface area contributed by atoms with Crippen molar-refractivity contribution < 1.29 is 9.18 Å². The molecule has 2 atom stereocenters. The molecule has 2 unspecified atom stereocenters. The smallest absolute Gasteiger partial charge is 0.223 e. The van der Waals surface area contributed by atoms with Gasteiger partial charge in [-0.1, -0.05) is 12.1 Å². The molecule has 20 heavy (non-hydrogen) atoms. The fourth-order valence-electron chi connectivity index (χ4n) is 3.19. The van der Waals surface area contributed by atoms with Crippen LogP contribution in [0.2, 0.25) is 0 Å². The Morgan fingerprint density at radius 2 is 2.20 bits per heavy atom. The highest BCUT2D eigenvalue weighted by molar-refractivity contribution is 5.79. The number of carbonyl (C=O) groups excluding carboxylic acids is 1. The molecule has 2 aliphatic carbocycles. The SMILES string of the molecule is NC1CCC(C(=O)NCC2(c3cccc(F)c3)CC2)C1. The summed E-state index contributed by atoms with van der Waals surface area (Å²) in [6, 6.07) is 6.91. The molecule has 0 aliphatic heterocycles. The molecule has 3 nitrogen and oxygen atoms in total. The van der Waals surface area contributed by atoms with Gasteiger partial charge in [0.15, 0.2) is 0 Å². The van der Waals surface area contributed by atoms with Gasteiger partial charge in [0.05, 0.1) is 0 Å². The molecule has 0 saturated heterocycles. The summed E-state index contributed by atoms with van der Waals surface area (Å²) in [4.78, 5) is 12.1. The first-order chi connectivity index (χ1) is 9.59. The normalized spacial score (nSPS) is 27.3. The number of nitrogens with two attached hydrogens (primary N) is 1. The van der Waals surface area contributed by atoms with E-state index in [0.717, 1.165) is 37.7 Å². The van der Waals surface area contributed by atoms with E-state index in [1.807, 2.05) is 6.07 Å². The molecule has 4 heteroatoms. The van der Waals surface area contributed by atoms with Crippen LogP contribution >= 0.6 is 0 Å². The third-order valence-corrected chi connectivity index (χ3v) is 4.74. The fraction of sp³-hybridized carbons (Fsp3) is 0.562. The highest BCUT2D eigenvalue weighted by Crippen LogP contribution is 2.47. The van der Waals surface area contributed by atoms with Crippen LogP contribution in [0.3, 0.4) is 0 Å². The van der Waals surface area contributed by atoms with E-state index in [1.54, 1.807) is 12.1 Å². The van der Waals surface area contributed by atoms with Gasteiger partial charge in [-0.25, -0.2) is 4.39 Å². The first kappa shape index (κ1) is 13.6. The molecule has 3 rings (SSSR count). The Kier molecular flexibility index (Phi) is 3.50. The minimum Gasteiger partial charge on any atom is -0.355 e. The lowest BCUT2D eigenvalue weighted by molar-refractivity contribution is -0.124. The maximum atomic E-state index is 13.3. The summed E-state index contributed by atoms with van der Waals surface area (Å²) in [6.45, 7) is 0.612. The van der Waals surface area contributed by atoms with Gasteiger partial charge in [-0.05, 0) is 49.8 Å². The molecule has 2 fully saturated rings. The molecule has 1 amide bonds. The van der Waals surface area contributed by atoms with Crippen LogP contribution in [-0.2, 0) is 10.2 Å². The van der Waals surface area contributed by atoms with Crippen LogP contribution in [0.15, 0.2) is 24.3 Å². The minimum atomic E-state index is -0.207. The second kappa shape index (κ2) is 5.17. The third-order valence-electron chi connectivity index (χ3n) is 4.74. The molecule has 0 aromatic heterocycles. The van der Waals surface area contributed by atoms with Gasteiger partial charge in [-0.3, -0.25) is 4.79 Å². The lowest BCUT2D eigenvalue weighted by Crippen LogP contribution is -2.36. The summed E-state index contributed by atoms with van der Waals surface area (Å²) < 4.78 is 13.3. The van der Waals surface area contributed by atoms with E-state index in [9.17, 15) is 9.18 Å². The predicted molar refractivity (Wildman–Crippen MR) is 75.6 cm³/mol. The lowest BCUT2D eigenvalue weighted by Gasteiger charge is -2.18. The first-order valence-corrected chi connectivity index (χ1v) is 7.38. The van der Waals surface area contributed by atoms with Crippen molar-refractivity contribution in [2.45, 2.75) is 43.6 Å². The van der Waals surface area contributed by atoms with Crippen molar-refractivity contribution in [2.24, 2.45) is 11.7 Å². The van der Waals surface area contributed by atoms with E-state index in [-0.39, 0.29) is 29.1 Å². The average molecular weight is 276 g/mol. The van der Waals surface area contributed by atoms with Gasteiger partial charge in [0.1, 0.15) is 5.82 Å². The van der Waals surface area contributed by atoms with E-state index < -0.39 is 0 Å². The highest BCUT2D eigenvalue weighted by Gasteiger charge is 2.44. The molecule has 1 aromatic rings. The molecule has 0 radical (unpaired) electrons. The highest BCUT2D eigenvalue weighted by atomic mass is 19.1. The number of halogens is 1. The monoisotopic (exact) mass is 276 g/mol. The third kappa shape index (κ3) is 2.70. The van der Waals surface area contributed by atoms with Crippen LogP contribution in [-0.4, -0.2) is 18.5 Å². The molecular weight excluding hydrogens is 255 g/mol. The Balaban J connectivity index is 1.59. The average Bonchev–Trinajstić information content (AvgIpc) is 3.11. The maximum Gasteiger partial charge on any atom is 0.223 e. The van der Waals surface area contributed by atoms with E-state index in [1.165, 1.54) is 6.07 Å². The summed E-state index contributed by atoms with van der Waals surface area (Å²) in [6.07, 6.45) is 4.65. The van der Waals surface area contributed by atoms with Crippen LogP contribution in [0.25, 0.3) is 0 Å². The quantitative estimate of drug-likeness (QED) is 0.885. The van der Waals surface area contributed by atoms with Crippen molar-refractivity contribution in [1.82, 2.24) is 5.32 Å². The Morgan fingerprint density at radius 1 is 1.40 bits per heavy atom. The van der Waals surface area contributed by atoms with Crippen LogP contribution in [0.1, 0.15) is 37.7 Å². The summed E-state index contributed by atoms with van der Waals surface area (Å²) in [5, 5.41) is 3.05. The van der Waals surface area contributed by atoms with Gasteiger partial charge >= 0.3 is 0 Å². The summed E-state index contributed by atoms with van der Waals surface area (Å²) in [7, 11) is 0. The molecule has 1 aromatic carbocycles. The summed E-state index contributed by atoms with van der Waals surface area (Å²) >= 11 is 0. The van der Waals surface area contributed by atoms with Gasteiger partial charge in [-0.15, -0.1) is 0 Å².